The molecule has 100 valence electrons. The fraction of sp³-hybridized carbons (Fsp3) is 0.917. The lowest BCUT2D eigenvalue weighted by atomic mass is 10.1. The van der Waals surface area contributed by atoms with Gasteiger partial charge in [-0.1, -0.05) is 19.0 Å². The van der Waals surface area contributed by atoms with E-state index in [-0.39, 0.29) is 0 Å². The first-order valence-electron chi connectivity index (χ1n) is 6.36. The van der Waals surface area contributed by atoms with Gasteiger partial charge in [-0.2, -0.15) is 0 Å². The van der Waals surface area contributed by atoms with Gasteiger partial charge >= 0.3 is 0 Å². The van der Waals surface area contributed by atoms with Crippen LogP contribution in [0.5, 0.6) is 0 Å². The molecule has 0 aromatic rings. The number of amidine groups is 1. The molecule has 17 heavy (non-hydrogen) atoms. The fourth-order valence-corrected chi connectivity index (χ4v) is 2.77. The quantitative estimate of drug-likeness (QED) is 0.324. The van der Waals surface area contributed by atoms with Crippen LogP contribution in [0.1, 0.15) is 26.7 Å². The van der Waals surface area contributed by atoms with E-state index in [4.69, 9.17) is 10.9 Å². The van der Waals surface area contributed by atoms with Gasteiger partial charge in [0.15, 0.2) is 0 Å². The van der Waals surface area contributed by atoms with Crippen molar-refractivity contribution < 1.29 is 5.21 Å². The number of likely N-dealkylation sites (N-methyl/N-ethyl adjacent to an activating group) is 1. The van der Waals surface area contributed by atoms with Gasteiger partial charge < -0.3 is 15.8 Å². The Morgan fingerprint density at radius 2 is 2.18 bits per heavy atom. The number of nitrogens with zero attached hydrogens (tertiary/aromatic N) is 3. The Labute approximate surface area is 104 Å². The maximum Gasteiger partial charge on any atom is 0.140 e. The Hall–Kier alpha value is -0.810. The number of hydrogen-bond donors (Lipinski definition) is 2. The second-order valence-corrected chi connectivity index (χ2v) is 5.32. The van der Waals surface area contributed by atoms with E-state index in [0.29, 0.717) is 30.3 Å². The molecule has 3 N–H and O–H groups in total. The maximum absolute atomic E-state index is 8.65. The van der Waals surface area contributed by atoms with E-state index < -0.39 is 0 Å². The Balaban J connectivity index is 2.60. The van der Waals surface area contributed by atoms with E-state index in [1.165, 1.54) is 0 Å². The molecule has 1 aliphatic rings. The van der Waals surface area contributed by atoms with Crippen molar-refractivity contribution >= 4 is 5.84 Å². The average molecular weight is 242 g/mol. The highest BCUT2D eigenvalue weighted by molar-refractivity contribution is 5.80. The normalized spacial score (nSPS) is 28.9. The van der Waals surface area contributed by atoms with Crippen LogP contribution in [-0.2, 0) is 0 Å². The van der Waals surface area contributed by atoms with Crippen LogP contribution in [-0.4, -0.2) is 60.1 Å². The summed E-state index contributed by atoms with van der Waals surface area (Å²) in [5.41, 5.74) is 5.61. The number of oxime groups is 1. The highest BCUT2D eigenvalue weighted by atomic mass is 16.4. The summed E-state index contributed by atoms with van der Waals surface area (Å²) in [4.78, 5) is 4.76. The predicted molar refractivity (Wildman–Crippen MR) is 70.3 cm³/mol. The van der Waals surface area contributed by atoms with Crippen LogP contribution >= 0.6 is 0 Å². The summed E-state index contributed by atoms with van der Waals surface area (Å²) in [6, 6.07) is 0.995. The standard InChI is InChI=1S/C12H26N4O/c1-5-10(6-12(13)14-17)16-7-9(2)11(8-16)15(3)4/h9-11,17H,5-8H2,1-4H3,(H2,13,14). The van der Waals surface area contributed by atoms with E-state index in [2.05, 4.69) is 42.9 Å². The summed E-state index contributed by atoms with van der Waals surface area (Å²) in [6.07, 6.45) is 1.68. The zero-order valence-electron chi connectivity index (χ0n) is 11.4. The van der Waals surface area contributed by atoms with Gasteiger partial charge in [0.05, 0.1) is 0 Å². The van der Waals surface area contributed by atoms with Crippen LogP contribution in [0.15, 0.2) is 5.16 Å². The van der Waals surface area contributed by atoms with E-state index in [0.717, 1.165) is 19.5 Å². The first-order chi connectivity index (χ1) is 7.99. The summed E-state index contributed by atoms with van der Waals surface area (Å²) in [5, 5.41) is 11.7. The van der Waals surface area contributed by atoms with E-state index >= 15 is 0 Å². The summed E-state index contributed by atoms with van der Waals surface area (Å²) in [6.45, 7) is 6.62. The summed E-state index contributed by atoms with van der Waals surface area (Å²) >= 11 is 0. The average Bonchev–Trinajstić information content (AvgIpc) is 2.67. The molecule has 1 fully saturated rings. The van der Waals surface area contributed by atoms with Crippen molar-refractivity contribution in [3.63, 3.8) is 0 Å². The monoisotopic (exact) mass is 242 g/mol. The van der Waals surface area contributed by atoms with E-state index in [1.807, 2.05) is 0 Å². The zero-order valence-corrected chi connectivity index (χ0v) is 11.4. The van der Waals surface area contributed by atoms with Crippen molar-refractivity contribution in [3.05, 3.63) is 0 Å². The van der Waals surface area contributed by atoms with Gasteiger partial charge in [-0.3, -0.25) is 4.90 Å². The van der Waals surface area contributed by atoms with Crippen LogP contribution in [0.3, 0.4) is 0 Å². The highest BCUT2D eigenvalue weighted by Gasteiger charge is 2.34. The third-order valence-electron chi connectivity index (χ3n) is 3.83. The molecule has 0 bridgehead atoms. The molecule has 0 amide bonds. The molecular formula is C12H26N4O. The molecule has 0 spiro atoms. The molecule has 3 atom stereocenters. The van der Waals surface area contributed by atoms with Crippen LogP contribution in [0.25, 0.3) is 0 Å². The van der Waals surface area contributed by atoms with Gasteiger partial charge in [0, 0.05) is 31.6 Å². The van der Waals surface area contributed by atoms with Gasteiger partial charge in [-0.15, -0.1) is 0 Å². The third-order valence-corrected chi connectivity index (χ3v) is 3.83. The molecule has 0 aliphatic carbocycles. The van der Waals surface area contributed by atoms with Gasteiger partial charge in [-0.05, 0) is 26.4 Å². The Kier molecular flexibility index (Phi) is 5.21. The summed E-state index contributed by atoms with van der Waals surface area (Å²) in [5.74, 6) is 1.00. The van der Waals surface area contributed by atoms with Crippen molar-refractivity contribution in [2.75, 3.05) is 27.2 Å². The minimum Gasteiger partial charge on any atom is -0.409 e. The SMILES string of the molecule is CCC(CC(N)=NO)N1CC(C)C(N(C)C)C1. The highest BCUT2D eigenvalue weighted by Crippen LogP contribution is 2.24. The molecular weight excluding hydrogens is 216 g/mol. The molecule has 3 unspecified atom stereocenters. The first kappa shape index (κ1) is 14.3. The predicted octanol–water partition coefficient (Wildman–Crippen LogP) is 0.783. The van der Waals surface area contributed by atoms with Crippen molar-refractivity contribution in [2.45, 2.75) is 38.8 Å². The van der Waals surface area contributed by atoms with Crippen LogP contribution in [0.4, 0.5) is 0 Å². The summed E-state index contributed by atoms with van der Waals surface area (Å²) < 4.78 is 0. The van der Waals surface area contributed by atoms with Gasteiger partial charge in [0.1, 0.15) is 5.84 Å². The third kappa shape index (κ3) is 3.57. The molecule has 1 rings (SSSR count). The van der Waals surface area contributed by atoms with Gasteiger partial charge in [-0.25, -0.2) is 0 Å². The number of rotatable bonds is 5. The topological polar surface area (TPSA) is 65.1 Å². The van der Waals surface area contributed by atoms with Crippen molar-refractivity contribution in [2.24, 2.45) is 16.8 Å². The number of nitrogens with two attached hydrogens (primary N) is 1. The molecule has 1 saturated heterocycles. The van der Waals surface area contributed by atoms with Gasteiger partial charge in [0.2, 0.25) is 0 Å². The summed E-state index contributed by atoms with van der Waals surface area (Å²) in [7, 11) is 4.27. The fourth-order valence-electron chi connectivity index (χ4n) is 2.77. The molecule has 0 radical (unpaired) electrons. The van der Waals surface area contributed by atoms with Crippen molar-refractivity contribution in [1.29, 1.82) is 0 Å². The van der Waals surface area contributed by atoms with Crippen LogP contribution in [0.2, 0.25) is 0 Å². The van der Waals surface area contributed by atoms with Gasteiger partial charge in [0.25, 0.3) is 0 Å². The Morgan fingerprint density at radius 3 is 2.59 bits per heavy atom. The minimum absolute atomic E-state index is 0.331. The lowest BCUT2D eigenvalue weighted by Crippen LogP contribution is -2.39. The maximum atomic E-state index is 8.65. The van der Waals surface area contributed by atoms with Crippen LogP contribution < -0.4 is 5.73 Å². The smallest absolute Gasteiger partial charge is 0.140 e. The largest absolute Gasteiger partial charge is 0.409 e. The molecule has 1 aliphatic heterocycles. The van der Waals surface area contributed by atoms with Crippen molar-refractivity contribution in [3.8, 4) is 0 Å². The minimum atomic E-state index is 0.331. The molecule has 1 heterocycles. The zero-order chi connectivity index (χ0) is 13.0. The number of likely N-dealkylation sites (tertiary alicyclic amines) is 1. The second-order valence-electron chi connectivity index (χ2n) is 5.32. The molecule has 0 aromatic heterocycles. The Bertz CT molecular complexity index is 267. The van der Waals surface area contributed by atoms with E-state index in [9.17, 15) is 0 Å². The molecule has 0 aromatic carbocycles. The number of hydrogen-bond acceptors (Lipinski definition) is 4. The van der Waals surface area contributed by atoms with E-state index in [1.54, 1.807) is 0 Å². The van der Waals surface area contributed by atoms with Crippen molar-refractivity contribution in [1.82, 2.24) is 9.80 Å². The lowest BCUT2D eigenvalue weighted by molar-refractivity contribution is 0.212. The molecule has 5 heteroatoms. The molecule has 0 saturated carbocycles. The first-order valence-corrected chi connectivity index (χ1v) is 6.36. The Morgan fingerprint density at radius 1 is 1.53 bits per heavy atom. The molecule has 5 nitrogen and oxygen atoms in total. The second kappa shape index (κ2) is 6.21. The lowest BCUT2D eigenvalue weighted by Gasteiger charge is -2.27. The van der Waals surface area contributed by atoms with Crippen LogP contribution in [0, 0.1) is 5.92 Å².